The first-order valence-corrected chi connectivity index (χ1v) is 6.03. The minimum absolute atomic E-state index is 0. The van der Waals surface area contributed by atoms with Crippen molar-refractivity contribution in [3.8, 4) is 0 Å². The molecule has 1 N–H and O–H groups in total. The van der Waals surface area contributed by atoms with E-state index in [2.05, 4.69) is 5.32 Å². The summed E-state index contributed by atoms with van der Waals surface area (Å²) < 4.78 is 1.82. The quantitative estimate of drug-likeness (QED) is 0.854. The van der Waals surface area contributed by atoms with Gasteiger partial charge in [0.2, 0.25) is 6.54 Å². The van der Waals surface area contributed by atoms with Crippen LogP contribution in [0.15, 0.2) is 48.8 Å². The number of amides is 1. The number of para-hydroxylation sites is 1. The number of hydrogen-bond donors (Lipinski definition) is 1. The van der Waals surface area contributed by atoms with Gasteiger partial charge >= 0.3 is 0 Å². The second-order valence-corrected chi connectivity index (χ2v) is 4.48. The Labute approximate surface area is 128 Å². The Kier molecular flexibility index (Phi) is 5.99. The van der Waals surface area contributed by atoms with E-state index in [0.29, 0.717) is 10.7 Å². The maximum absolute atomic E-state index is 11.8. The van der Waals surface area contributed by atoms with E-state index in [4.69, 9.17) is 11.6 Å². The van der Waals surface area contributed by atoms with Crippen molar-refractivity contribution in [2.24, 2.45) is 0 Å². The molecule has 0 saturated carbocycles. The van der Waals surface area contributed by atoms with Gasteiger partial charge in [-0.2, -0.15) is 4.57 Å². The number of carbonyl (C=O) groups is 1. The number of anilines is 1. The van der Waals surface area contributed by atoms with Crippen LogP contribution < -0.4 is 9.88 Å². The fourth-order valence-corrected chi connectivity index (χ4v) is 1.74. The van der Waals surface area contributed by atoms with Crippen LogP contribution in [0.4, 0.5) is 5.69 Å². The first-order chi connectivity index (χ1) is 8.65. The SMILES string of the molecule is Br.Cc1cc[n+](CC(=O)Nc2ccccc2Cl)cc1. The molecule has 2 rings (SSSR count). The van der Waals surface area contributed by atoms with Crippen LogP contribution in [0.25, 0.3) is 0 Å². The zero-order chi connectivity index (χ0) is 13.0. The monoisotopic (exact) mass is 341 g/mol. The number of aryl methyl sites for hydroxylation is 1. The van der Waals surface area contributed by atoms with Crippen molar-refractivity contribution in [2.75, 3.05) is 5.32 Å². The van der Waals surface area contributed by atoms with Crippen molar-refractivity contribution in [3.63, 3.8) is 0 Å². The van der Waals surface area contributed by atoms with E-state index in [-0.39, 0.29) is 29.4 Å². The molecule has 0 aliphatic heterocycles. The Morgan fingerprint density at radius 1 is 1.21 bits per heavy atom. The highest BCUT2D eigenvalue weighted by Crippen LogP contribution is 2.19. The Morgan fingerprint density at radius 3 is 2.47 bits per heavy atom. The second kappa shape index (κ2) is 7.26. The molecule has 19 heavy (non-hydrogen) atoms. The van der Waals surface area contributed by atoms with Gasteiger partial charge in [-0.25, -0.2) is 0 Å². The molecule has 0 aliphatic rings. The lowest BCUT2D eigenvalue weighted by Gasteiger charge is -2.04. The molecule has 0 spiro atoms. The molecule has 1 amide bonds. The normalized spacial score (nSPS) is 9.58. The number of carbonyl (C=O) groups excluding carboxylic acids is 1. The Bertz CT molecular complexity index is 558. The first kappa shape index (κ1) is 15.7. The molecule has 0 saturated heterocycles. The molecule has 0 unspecified atom stereocenters. The topological polar surface area (TPSA) is 33.0 Å². The van der Waals surface area contributed by atoms with E-state index in [9.17, 15) is 4.79 Å². The molecule has 1 heterocycles. The summed E-state index contributed by atoms with van der Waals surface area (Å²) in [6, 6.07) is 11.1. The van der Waals surface area contributed by atoms with Crippen molar-refractivity contribution in [1.29, 1.82) is 0 Å². The summed E-state index contributed by atoms with van der Waals surface area (Å²) in [5.41, 5.74) is 1.80. The smallest absolute Gasteiger partial charge is 0.290 e. The van der Waals surface area contributed by atoms with E-state index >= 15 is 0 Å². The van der Waals surface area contributed by atoms with Gasteiger partial charge in [-0.1, -0.05) is 23.7 Å². The van der Waals surface area contributed by atoms with E-state index in [1.165, 1.54) is 0 Å². The number of nitrogens with one attached hydrogen (secondary N) is 1. The summed E-state index contributed by atoms with van der Waals surface area (Å²) in [5, 5.41) is 3.32. The first-order valence-electron chi connectivity index (χ1n) is 5.65. The number of nitrogens with zero attached hydrogens (tertiary/aromatic N) is 1. The molecule has 1 aromatic heterocycles. The summed E-state index contributed by atoms with van der Waals surface area (Å²) in [6.45, 7) is 2.28. The molecule has 5 heteroatoms. The largest absolute Gasteiger partial charge is 0.319 e. The Balaban J connectivity index is 0.00000180. The number of halogens is 2. The zero-order valence-corrected chi connectivity index (χ0v) is 12.9. The molecular weight excluding hydrogens is 328 g/mol. The lowest BCUT2D eigenvalue weighted by Crippen LogP contribution is -2.39. The Morgan fingerprint density at radius 2 is 1.84 bits per heavy atom. The van der Waals surface area contributed by atoms with Crippen LogP contribution in [0.5, 0.6) is 0 Å². The molecule has 0 atom stereocenters. The van der Waals surface area contributed by atoms with Crippen molar-refractivity contribution in [1.82, 2.24) is 0 Å². The molecule has 1 aromatic carbocycles. The maximum atomic E-state index is 11.8. The van der Waals surface area contributed by atoms with Crippen LogP contribution in [0.1, 0.15) is 5.56 Å². The fraction of sp³-hybridized carbons (Fsp3) is 0.143. The summed E-state index contributed by atoms with van der Waals surface area (Å²) in [4.78, 5) is 11.8. The van der Waals surface area contributed by atoms with Gasteiger partial charge in [0.25, 0.3) is 5.91 Å². The highest BCUT2D eigenvalue weighted by Gasteiger charge is 2.10. The van der Waals surface area contributed by atoms with Gasteiger partial charge in [0.05, 0.1) is 10.7 Å². The average molecular weight is 343 g/mol. The average Bonchev–Trinajstić information content (AvgIpc) is 2.35. The number of hydrogen-bond acceptors (Lipinski definition) is 1. The van der Waals surface area contributed by atoms with Gasteiger partial charge in [0.1, 0.15) is 0 Å². The Hall–Kier alpha value is -1.39. The van der Waals surface area contributed by atoms with E-state index in [1.54, 1.807) is 12.1 Å². The zero-order valence-electron chi connectivity index (χ0n) is 10.5. The van der Waals surface area contributed by atoms with Crippen molar-refractivity contribution < 1.29 is 9.36 Å². The summed E-state index contributed by atoms with van der Waals surface area (Å²) >= 11 is 5.97. The number of pyridine rings is 1. The van der Waals surface area contributed by atoms with Crippen LogP contribution in [-0.4, -0.2) is 5.91 Å². The summed E-state index contributed by atoms with van der Waals surface area (Å²) in [7, 11) is 0. The van der Waals surface area contributed by atoms with E-state index in [0.717, 1.165) is 5.56 Å². The van der Waals surface area contributed by atoms with Gasteiger partial charge in [-0.05, 0) is 24.6 Å². The van der Waals surface area contributed by atoms with Crippen LogP contribution in [0.3, 0.4) is 0 Å². The minimum atomic E-state index is -0.100. The fourth-order valence-electron chi connectivity index (χ4n) is 1.56. The highest BCUT2D eigenvalue weighted by atomic mass is 79.9. The van der Waals surface area contributed by atoms with Crippen LogP contribution in [-0.2, 0) is 11.3 Å². The lowest BCUT2D eigenvalue weighted by molar-refractivity contribution is -0.684. The minimum Gasteiger partial charge on any atom is -0.319 e. The number of aromatic nitrogens is 1. The van der Waals surface area contributed by atoms with Gasteiger partial charge in [-0.3, -0.25) is 4.79 Å². The van der Waals surface area contributed by atoms with Crippen molar-refractivity contribution in [2.45, 2.75) is 13.5 Å². The predicted molar refractivity (Wildman–Crippen MR) is 81.8 cm³/mol. The van der Waals surface area contributed by atoms with Crippen LogP contribution in [0, 0.1) is 6.92 Å². The maximum Gasteiger partial charge on any atom is 0.290 e. The molecule has 3 nitrogen and oxygen atoms in total. The molecule has 100 valence electrons. The summed E-state index contributed by atoms with van der Waals surface area (Å²) in [6.07, 6.45) is 3.75. The van der Waals surface area contributed by atoms with Gasteiger partial charge < -0.3 is 5.32 Å². The third-order valence-corrected chi connectivity index (χ3v) is 2.86. The molecule has 0 radical (unpaired) electrons. The molecular formula is C14H15BrClN2O+. The predicted octanol–water partition coefficient (Wildman–Crippen LogP) is 3.15. The second-order valence-electron chi connectivity index (χ2n) is 4.08. The van der Waals surface area contributed by atoms with Crippen LogP contribution >= 0.6 is 28.6 Å². The number of rotatable bonds is 3. The highest BCUT2D eigenvalue weighted by molar-refractivity contribution is 8.93. The van der Waals surface area contributed by atoms with Gasteiger partial charge in [0, 0.05) is 12.1 Å². The third kappa shape index (κ3) is 4.65. The standard InChI is InChI=1S/C14H13ClN2O.BrH/c1-11-6-8-17(9-7-11)10-14(18)16-13-5-3-2-4-12(13)15;/h2-9H,10H2,1H3;1H/p+1. The van der Waals surface area contributed by atoms with E-state index < -0.39 is 0 Å². The molecule has 0 aliphatic carbocycles. The van der Waals surface area contributed by atoms with Gasteiger partial charge in [-0.15, -0.1) is 17.0 Å². The van der Waals surface area contributed by atoms with E-state index in [1.807, 2.05) is 48.1 Å². The molecule has 2 aromatic rings. The lowest BCUT2D eigenvalue weighted by atomic mass is 10.3. The molecule has 0 fully saturated rings. The van der Waals surface area contributed by atoms with Crippen molar-refractivity contribution in [3.05, 3.63) is 59.4 Å². The number of benzene rings is 1. The van der Waals surface area contributed by atoms with Crippen molar-refractivity contribution >= 4 is 40.2 Å². The van der Waals surface area contributed by atoms with Gasteiger partial charge in [0.15, 0.2) is 12.4 Å². The molecule has 0 bridgehead atoms. The summed E-state index contributed by atoms with van der Waals surface area (Å²) in [5.74, 6) is -0.100. The van der Waals surface area contributed by atoms with Crippen LogP contribution in [0.2, 0.25) is 5.02 Å². The third-order valence-electron chi connectivity index (χ3n) is 2.53.